The molecule has 4 fully saturated rings. The minimum atomic E-state index is -0.473. The van der Waals surface area contributed by atoms with Crippen molar-refractivity contribution >= 4 is 23.6 Å². The van der Waals surface area contributed by atoms with E-state index in [4.69, 9.17) is 11.0 Å². The third-order valence-corrected chi connectivity index (χ3v) is 7.45. The zero-order chi connectivity index (χ0) is 20.2. The Morgan fingerprint density at radius 3 is 2.72 bits per heavy atom. The van der Waals surface area contributed by atoms with Crippen LogP contribution in [0.5, 0.6) is 0 Å². The summed E-state index contributed by atoms with van der Waals surface area (Å²) in [5.41, 5.74) is 8.48. The first kappa shape index (κ1) is 18.2. The van der Waals surface area contributed by atoms with E-state index in [2.05, 4.69) is 21.7 Å². The number of carbonyl (C=O) groups is 2. The summed E-state index contributed by atoms with van der Waals surface area (Å²) >= 11 is 0. The fraction of sp³-hybridized carbons (Fsp3) is 0.545. The normalized spacial score (nSPS) is 33.2. The van der Waals surface area contributed by atoms with Gasteiger partial charge in [0.1, 0.15) is 6.54 Å². The van der Waals surface area contributed by atoms with Crippen molar-refractivity contribution in [3.8, 4) is 6.07 Å². The van der Waals surface area contributed by atoms with Gasteiger partial charge in [0.25, 0.3) is 5.91 Å². The third kappa shape index (κ3) is 2.81. The van der Waals surface area contributed by atoms with E-state index in [9.17, 15) is 9.59 Å². The fourth-order valence-electron chi connectivity index (χ4n) is 6.55. The smallest absolute Gasteiger partial charge is 0.252 e. The molecule has 7 heteroatoms. The molecule has 0 saturated heterocycles. The number of hydrogen-bond donors (Lipinski definition) is 3. The van der Waals surface area contributed by atoms with Crippen LogP contribution in [0, 0.1) is 34.5 Å². The Hall–Kier alpha value is -2.88. The molecular weight excluding hydrogens is 366 g/mol. The molecule has 2 amide bonds. The Bertz CT molecular complexity index is 947. The summed E-state index contributed by atoms with van der Waals surface area (Å²) in [7, 11) is 0. The van der Waals surface area contributed by atoms with E-state index in [-0.39, 0.29) is 23.9 Å². The summed E-state index contributed by atoms with van der Waals surface area (Å²) in [6.45, 7) is 0.0692. The SMILES string of the molecule is N#CCNC(=O)C12CC3CC(C1)C(Nc1c(C(N)=O)cnc4c1C=CC4)C(C3)C2. The van der Waals surface area contributed by atoms with Crippen LogP contribution in [-0.4, -0.2) is 29.4 Å². The van der Waals surface area contributed by atoms with Crippen molar-refractivity contribution in [1.82, 2.24) is 10.3 Å². The molecular formula is C22H25N5O2. The van der Waals surface area contributed by atoms with Gasteiger partial charge < -0.3 is 16.4 Å². The lowest BCUT2D eigenvalue weighted by Crippen LogP contribution is -2.60. The van der Waals surface area contributed by atoms with E-state index in [1.54, 1.807) is 6.20 Å². The van der Waals surface area contributed by atoms with Crippen molar-refractivity contribution in [3.63, 3.8) is 0 Å². The molecule has 1 aromatic rings. The third-order valence-electron chi connectivity index (χ3n) is 7.45. The molecule has 1 heterocycles. The summed E-state index contributed by atoms with van der Waals surface area (Å²) in [4.78, 5) is 29.3. The van der Waals surface area contributed by atoms with E-state index >= 15 is 0 Å². The number of fused-ring (bicyclic) bond motifs is 1. The van der Waals surface area contributed by atoms with Crippen molar-refractivity contribution in [1.29, 1.82) is 5.26 Å². The second-order valence-corrected chi connectivity index (χ2v) is 9.14. The van der Waals surface area contributed by atoms with Gasteiger partial charge in [-0.1, -0.05) is 12.2 Å². The number of amides is 2. The summed E-state index contributed by atoms with van der Waals surface area (Å²) in [6, 6.07) is 2.24. The number of rotatable bonds is 5. The van der Waals surface area contributed by atoms with E-state index in [1.165, 1.54) is 0 Å². The molecule has 29 heavy (non-hydrogen) atoms. The number of pyridine rings is 1. The topological polar surface area (TPSA) is 121 Å². The first-order valence-corrected chi connectivity index (χ1v) is 10.4. The van der Waals surface area contributed by atoms with Gasteiger partial charge in [-0.25, -0.2) is 0 Å². The number of anilines is 1. The van der Waals surface area contributed by atoms with Crippen LogP contribution in [0.3, 0.4) is 0 Å². The van der Waals surface area contributed by atoms with Crippen LogP contribution in [-0.2, 0) is 11.2 Å². The maximum atomic E-state index is 12.9. The molecule has 0 aromatic carbocycles. The van der Waals surface area contributed by atoms with Gasteiger partial charge in [-0.3, -0.25) is 14.6 Å². The zero-order valence-electron chi connectivity index (χ0n) is 16.3. The van der Waals surface area contributed by atoms with Crippen LogP contribution >= 0.6 is 0 Å². The largest absolute Gasteiger partial charge is 0.381 e. The van der Waals surface area contributed by atoms with Crippen molar-refractivity contribution < 1.29 is 9.59 Å². The number of allylic oxidation sites excluding steroid dienone is 1. The monoisotopic (exact) mass is 391 g/mol. The van der Waals surface area contributed by atoms with Gasteiger partial charge in [-0.2, -0.15) is 5.26 Å². The number of hydrogen-bond acceptors (Lipinski definition) is 5. The van der Waals surface area contributed by atoms with E-state index in [0.717, 1.165) is 55.5 Å². The van der Waals surface area contributed by atoms with Gasteiger partial charge >= 0.3 is 0 Å². The van der Waals surface area contributed by atoms with Crippen LogP contribution in [0.4, 0.5) is 5.69 Å². The molecule has 2 unspecified atom stereocenters. The highest BCUT2D eigenvalue weighted by Gasteiger charge is 2.58. The molecule has 0 spiro atoms. The minimum absolute atomic E-state index is 0.0439. The molecule has 4 bridgehead atoms. The van der Waals surface area contributed by atoms with E-state index in [1.807, 2.05) is 12.1 Å². The Labute approximate surface area is 169 Å². The second-order valence-electron chi connectivity index (χ2n) is 9.14. The summed E-state index contributed by atoms with van der Waals surface area (Å²) in [6.07, 6.45) is 11.3. The Balaban J connectivity index is 1.44. The molecule has 4 N–H and O–H groups in total. The van der Waals surface area contributed by atoms with Gasteiger partial charge in [0, 0.05) is 24.2 Å². The highest BCUT2D eigenvalue weighted by atomic mass is 16.2. The zero-order valence-corrected chi connectivity index (χ0v) is 16.3. The molecule has 5 aliphatic rings. The summed E-state index contributed by atoms with van der Waals surface area (Å²) in [5.74, 6) is 0.895. The fourth-order valence-corrected chi connectivity index (χ4v) is 6.55. The van der Waals surface area contributed by atoms with E-state index < -0.39 is 5.91 Å². The molecule has 0 radical (unpaired) electrons. The number of nitriles is 1. The predicted octanol–water partition coefficient (Wildman–Crippen LogP) is 2.00. The molecule has 5 aliphatic carbocycles. The molecule has 6 rings (SSSR count). The van der Waals surface area contributed by atoms with Gasteiger partial charge in [-0.15, -0.1) is 0 Å². The molecule has 7 nitrogen and oxygen atoms in total. The molecule has 4 saturated carbocycles. The van der Waals surface area contributed by atoms with E-state index in [0.29, 0.717) is 23.3 Å². The quantitative estimate of drug-likeness (QED) is 0.663. The number of nitrogens with two attached hydrogens (primary N) is 1. The molecule has 0 aliphatic heterocycles. The average molecular weight is 391 g/mol. The maximum absolute atomic E-state index is 12.9. The van der Waals surface area contributed by atoms with Crippen LogP contribution < -0.4 is 16.4 Å². The first-order chi connectivity index (χ1) is 14.0. The number of primary amides is 1. The van der Waals surface area contributed by atoms with Crippen LogP contribution in [0.2, 0.25) is 0 Å². The lowest BCUT2D eigenvalue weighted by atomic mass is 9.47. The summed E-state index contributed by atoms with van der Waals surface area (Å²) in [5, 5.41) is 15.3. The standard InChI is InChI=1S/C22H25N5O2/c23-4-5-25-21(29)22-8-12-6-13(9-22)18(14(7-12)10-22)27-19-15-2-1-3-17(15)26-11-16(19)20(24)28/h1-2,11-14,18H,3,5-10H2,(H2,24,28)(H,25,29)(H,26,27). The predicted molar refractivity (Wildman–Crippen MR) is 108 cm³/mol. The van der Waals surface area contributed by atoms with Crippen molar-refractivity contribution in [2.24, 2.45) is 28.9 Å². The first-order valence-electron chi connectivity index (χ1n) is 10.4. The number of carbonyl (C=O) groups excluding carboxylic acids is 2. The highest BCUT2D eigenvalue weighted by molar-refractivity contribution is 6.00. The highest BCUT2D eigenvalue weighted by Crippen LogP contribution is 2.60. The minimum Gasteiger partial charge on any atom is -0.381 e. The lowest BCUT2D eigenvalue weighted by molar-refractivity contribution is -0.147. The molecule has 150 valence electrons. The van der Waals surface area contributed by atoms with Crippen molar-refractivity contribution in [2.75, 3.05) is 11.9 Å². The Kier molecular flexibility index (Phi) is 4.12. The van der Waals surface area contributed by atoms with Crippen LogP contribution in [0.25, 0.3) is 6.08 Å². The Morgan fingerprint density at radius 2 is 2.03 bits per heavy atom. The van der Waals surface area contributed by atoms with Gasteiger partial charge in [0.2, 0.25) is 5.91 Å². The average Bonchev–Trinajstić information content (AvgIpc) is 3.17. The van der Waals surface area contributed by atoms with Crippen molar-refractivity contribution in [2.45, 2.75) is 44.6 Å². The Morgan fingerprint density at radius 1 is 1.28 bits per heavy atom. The maximum Gasteiger partial charge on any atom is 0.252 e. The molecule has 1 aromatic heterocycles. The van der Waals surface area contributed by atoms with Crippen molar-refractivity contribution in [3.05, 3.63) is 29.1 Å². The number of nitrogens with zero attached hydrogens (tertiary/aromatic N) is 2. The van der Waals surface area contributed by atoms with Crippen LogP contribution in [0.1, 0.15) is 53.7 Å². The van der Waals surface area contributed by atoms with Gasteiger partial charge in [-0.05, 0) is 49.9 Å². The second kappa shape index (κ2) is 6.58. The number of aromatic nitrogens is 1. The van der Waals surface area contributed by atoms with Gasteiger partial charge in [0.15, 0.2) is 0 Å². The van der Waals surface area contributed by atoms with Gasteiger partial charge in [0.05, 0.1) is 28.4 Å². The van der Waals surface area contributed by atoms with Crippen LogP contribution in [0.15, 0.2) is 12.3 Å². The summed E-state index contributed by atoms with van der Waals surface area (Å²) < 4.78 is 0. The number of nitrogens with one attached hydrogen (secondary N) is 2. The molecule has 2 atom stereocenters. The lowest BCUT2D eigenvalue weighted by Gasteiger charge is -2.59.